The first kappa shape index (κ1) is 12.3. The molecule has 0 fully saturated rings. The molecule has 1 heterocycles. The van der Waals surface area contributed by atoms with E-state index >= 15 is 0 Å². The molecule has 7 heteroatoms. The highest BCUT2D eigenvalue weighted by Crippen LogP contribution is 2.34. The minimum atomic E-state index is -4.70. The average Bonchev–Trinajstić information content (AvgIpc) is 2.64. The minimum Gasteiger partial charge on any atom is -0.337 e. The number of alkyl halides is 3. The van der Waals surface area contributed by atoms with E-state index in [4.69, 9.17) is 12.2 Å². The van der Waals surface area contributed by atoms with Crippen molar-refractivity contribution in [1.82, 2.24) is 4.98 Å². The van der Waals surface area contributed by atoms with Gasteiger partial charge in [0, 0.05) is 5.38 Å². The third kappa shape index (κ3) is 2.55. The van der Waals surface area contributed by atoms with Crippen molar-refractivity contribution >= 4 is 23.6 Å². The largest absolute Gasteiger partial charge is 0.419 e. The molecular formula is C10H5F4NS2. The lowest BCUT2D eigenvalue weighted by Crippen LogP contribution is -2.08. The molecule has 0 aliphatic heterocycles. The molecule has 0 bridgehead atoms. The van der Waals surface area contributed by atoms with Crippen LogP contribution in [0.1, 0.15) is 5.56 Å². The van der Waals surface area contributed by atoms with Gasteiger partial charge < -0.3 is 4.98 Å². The van der Waals surface area contributed by atoms with E-state index in [-0.39, 0.29) is 5.56 Å². The van der Waals surface area contributed by atoms with Gasteiger partial charge in [-0.2, -0.15) is 13.2 Å². The Balaban J connectivity index is 2.55. The molecule has 2 rings (SSSR count). The number of hydrogen-bond donors (Lipinski definition) is 1. The standard InChI is InChI=1S/C10H5F4NS2/c11-7-2-1-5(3-6(7)10(12,13)14)8-4-17-9(16)15-8/h1-4H,(H,15,16). The van der Waals surface area contributed by atoms with Crippen molar-refractivity contribution < 1.29 is 17.6 Å². The van der Waals surface area contributed by atoms with Crippen LogP contribution >= 0.6 is 23.6 Å². The third-order valence-corrected chi connectivity index (χ3v) is 3.16. The van der Waals surface area contributed by atoms with Crippen molar-refractivity contribution in [2.45, 2.75) is 6.18 Å². The maximum Gasteiger partial charge on any atom is 0.419 e. The molecule has 0 saturated carbocycles. The van der Waals surface area contributed by atoms with Crippen LogP contribution < -0.4 is 0 Å². The summed E-state index contributed by atoms with van der Waals surface area (Å²) in [6.07, 6.45) is -4.70. The second-order valence-corrected chi connectivity index (χ2v) is 4.80. The molecule has 0 aliphatic carbocycles. The van der Waals surface area contributed by atoms with E-state index in [0.29, 0.717) is 9.65 Å². The second-order valence-electron chi connectivity index (χ2n) is 3.25. The monoisotopic (exact) mass is 279 g/mol. The Hall–Kier alpha value is -1.21. The van der Waals surface area contributed by atoms with E-state index in [1.807, 2.05) is 0 Å². The Bertz CT molecular complexity index is 597. The SMILES string of the molecule is Fc1ccc(-c2csc(=S)[nH]2)cc1C(F)(F)F. The van der Waals surface area contributed by atoms with Gasteiger partial charge in [-0.3, -0.25) is 0 Å². The Morgan fingerprint density at radius 1 is 1.24 bits per heavy atom. The predicted molar refractivity (Wildman–Crippen MR) is 59.9 cm³/mol. The van der Waals surface area contributed by atoms with Crippen LogP contribution in [0.4, 0.5) is 17.6 Å². The van der Waals surface area contributed by atoms with Gasteiger partial charge in [-0.15, -0.1) is 11.3 Å². The number of rotatable bonds is 1. The summed E-state index contributed by atoms with van der Waals surface area (Å²) >= 11 is 6.03. The fourth-order valence-electron chi connectivity index (χ4n) is 1.33. The highest BCUT2D eigenvalue weighted by atomic mass is 32.1. The summed E-state index contributed by atoms with van der Waals surface area (Å²) in [6.45, 7) is 0. The molecule has 0 aliphatic rings. The Morgan fingerprint density at radius 3 is 2.47 bits per heavy atom. The van der Waals surface area contributed by atoms with Crippen molar-refractivity contribution in [3.63, 3.8) is 0 Å². The first-order valence-electron chi connectivity index (χ1n) is 4.43. The van der Waals surface area contributed by atoms with Crippen LogP contribution in [0.3, 0.4) is 0 Å². The summed E-state index contributed by atoms with van der Waals surface area (Å²) in [5.74, 6) is -1.28. The van der Waals surface area contributed by atoms with Gasteiger partial charge in [0.2, 0.25) is 0 Å². The molecule has 0 spiro atoms. The molecule has 0 radical (unpaired) electrons. The molecule has 17 heavy (non-hydrogen) atoms. The zero-order valence-electron chi connectivity index (χ0n) is 8.14. The molecule has 1 aromatic heterocycles. The molecule has 1 nitrogen and oxygen atoms in total. The van der Waals surface area contributed by atoms with Crippen LogP contribution in [0.25, 0.3) is 11.3 Å². The van der Waals surface area contributed by atoms with Gasteiger partial charge in [-0.05, 0) is 36.0 Å². The van der Waals surface area contributed by atoms with Crippen molar-refractivity contribution in [2.75, 3.05) is 0 Å². The number of H-pyrrole nitrogens is 1. The minimum absolute atomic E-state index is 0.256. The second kappa shape index (κ2) is 4.23. The van der Waals surface area contributed by atoms with Crippen LogP contribution in [-0.2, 0) is 6.18 Å². The van der Waals surface area contributed by atoms with E-state index in [1.165, 1.54) is 17.4 Å². The molecule has 1 N–H and O–H groups in total. The molecule has 1 aromatic carbocycles. The molecule has 0 amide bonds. The summed E-state index contributed by atoms with van der Waals surface area (Å²) in [7, 11) is 0. The number of aromatic amines is 1. The fourth-order valence-corrected chi connectivity index (χ4v) is 2.17. The van der Waals surface area contributed by atoms with Gasteiger partial charge in [-0.1, -0.05) is 0 Å². The molecule has 90 valence electrons. The van der Waals surface area contributed by atoms with E-state index in [2.05, 4.69) is 4.98 Å². The summed E-state index contributed by atoms with van der Waals surface area (Å²) < 4.78 is 50.9. The lowest BCUT2D eigenvalue weighted by molar-refractivity contribution is -0.139. The van der Waals surface area contributed by atoms with Crippen LogP contribution in [-0.4, -0.2) is 4.98 Å². The maximum atomic E-state index is 13.0. The Kier molecular flexibility index (Phi) is 3.05. The fraction of sp³-hybridized carbons (Fsp3) is 0.100. The molecule has 0 saturated heterocycles. The lowest BCUT2D eigenvalue weighted by atomic mass is 10.1. The number of thiazole rings is 1. The molecule has 0 unspecified atom stereocenters. The number of benzene rings is 1. The molecule has 2 aromatic rings. The van der Waals surface area contributed by atoms with Crippen molar-refractivity contribution in [1.29, 1.82) is 0 Å². The topological polar surface area (TPSA) is 15.8 Å². The van der Waals surface area contributed by atoms with E-state index in [1.54, 1.807) is 5.38 Å². The molecular weight excluding hydrogens is 274 g/mol. The summed E-state index contributed by atoms with van der Waals surface area (Å²) in [5, 5.41) is 1.59. The normalized spacial score (nSPS) is 11.8. The number of halogens is 4. The highest BCUT2D eigenvalue weighted by Gasteiger charge is 2.34. The summed E-state index contributed by atoms with van der Waals surface area (Å²) in [4.78, 5) is 2.73. The predicted octanol–water partition coefficient (Wildman–Crippen LogP) is 4.63. The first-order chi connectivity index (χ1) is 7.88. The quantitative estimate of drug-likeness (QED) is 0.594. The number of aromatic nitrogens is 1. The van der Waals surface area contributed by atoms with Crippen LogP contribution in [0.5, 0.6) is 0 Å². The molecule has 0 atom stereocenters. The number of nitrogens with one attached hydrogen (secondary N) is 1. The van der Waals surface area contributed by atoms with E-state index in [9.17, 15) is 17.6 Å². The van der Waals surface area contributed by atoms with Crippen LogP contribution in [0.2, 0.25) is 0 Å². The average molecular weight is 279 g/mol. The van der Waals surface area contributed by atoms with Crippen molar-refractivity contribution in [2.24, 2.45) is 0 Å². The van der Waals surface area contributed by atoms with Crippen molar-refractivity contribution in [3.05, 3.63) is 38.9 Å². The maximum absolute atomic E-state index is 13.0. The van der Waals surface area contributed by atoms with Gasteiger partial charge in [0.1, 0.15) is 5.82 Å². The van der Waals surface area contributed by atoms with Gasteiger partial charge in [-0.25, -0.2) is 4.39 Å². The van der Waals surface area contributed by atoms with Gasteiger partial charge in [0.25, 0.3) is 0 Å². The van der Waals surface area contributed by atoms with Gasteiger partial charge >= 0.3 is 6.18 Å². The zero-order chi connectivity index (χ0) is 12.6. The smallest absolute Gasteiger partial charge is 0.337 e. The van der Waals surface area contributed by atoms with Gasteiger partial charge in [0.05, 0.1) is 11.3 Å². The number of hydrogen-bond acceptors (Lipinski definition) is 2. The zero-order valence-corrected chi connectivity index (χ0v) is 9.77. The highest BCUT2D eigenvalue weighted by molar-refractivity contribution is 7.73. The van der Waals surface area contributed by atoms with E-state index in [0.717, 1.165) is 12.1 Å². The first-order valence-corrected chi connectivity index (χ1v) is 5.71. The summed E-state index contributed by atoms with van der Waals surface area (Å²) in [6, 6.07) is 2.84. The third-order valence-electron chi connectivity index (χ3n) is 2.10. The Labute approximate surface area is 103 Å². The lowest BCUT2D eigenvalue weighted by Gasteiger charge is -2.09. The van der Waals surface area contributed by atoms with Crippen LogP contribution in [0, 0.1) is 9.77 Å². The Morgan fingerprint density at radius 2 is 1.94 bits per heavy atom. The van der Waals surface area contributed by atoms with Crippen molar-refractivity contribution in [3.8, 4) is 11.3 Å². The summed E-state index contributed by atoms with van der Waals surface area (Å²) in [5.41, 5.74) is -0.572. The van der Waals surface area contributed by atoms with E-state index < -0.39 is 17.6 Å². The van der Waals surface area contributed by atoms with Crippen LogP contribution in [0.15, 0.2) is 23.6 Å². The van der Waals surface area contributed by atoms with Gasteiger partial charge in [0.15, 0.2) is 3.95 Å².